The molecule has 4 rings (SSSR count). The maximum Gasteiger partial charge on any atom is 0.322 e. The Bertz CT molecular complexity index is 1170. The molecule has 9 heteroatoms. The molecule has 0 saturated heterocycles. The van der Waals surface area contributed by atoms with Crippen LogP contribution in [0, 0.1) is 0 Å². The van der Waals surface area contributed by atoms with Crippen molar-refractivity contribution in [2.24, 2.45) is 0 Å². The normalized spacial score (nSPS) is 15.0. The van der Waals surface area contributed by atoms with Gasteiger partial charge in [-0.1, -0.05) is 61.6 Å². The molecule has 0 spiro atoms. The van der Waals surface area contributed by atoms with Crippen molar-refractivity contribution in [3.05, 3.63) is 71.6 Å². The van der Waals surface area contributed by atoms with Gasteiger partial charge in [0.2, 0.25) is 15.9 Å². The zero-order chi connectivity index (χ0) is 23.3. The number of carbonyl (C=O) groups is 1. The van der Waals surface area contributed by atoms with Crippen molar-refractivity contribution < 1.29 is 17.6 Å². The molecule has 1 aliphatic carbocycles. The van der Waals surface area contributed by atoms with Gasteiger partial charge in [0.25, 0.3) is 5.91 Å². The fourth-order valence-electron chi connectivity index (χ4n) is 4.05. The summed E-state index contributed by atoms with van der Waals surface area (Å²) in [5.41, 5.74) is 1.21. The van der Waals surface area contributed by atoms with E-state index in [0.29, 0.717) is 18.0 Å². The molecule has 0 radical (unpaired) electrons. The van der Waals surface area contributed by atoms with E-state index in [4.69, 9.17) is 4.42 Å². The van der Waals surface area contributed by atoms with E-state index in [9.17, 15) is 13.2 Å². The maximum atomic E-state index is 13.1. The van der Waals surface area contributed by atoms with Gasteiger partial charge in [-0.2, -0.15) is 4.31 Å². The second-order valence-corrected chi connectivity index (χ2v) is 10.1. The lowest BCUT2D eigenvalue weighted by Gasteiger charge is -2.20. The summed E-state index contributed by atoms with van der Waals surface area (Å²) in [5.74, 6) is 0.373. The number of hydrogen-bond acceptors (Lipinski definition) is 6. The van der Waals surface area contributed by atoms with Gasteiger partial charge >= 0.3 is 6.01 Å². The van der Waals surface area contributed by atoms with Gasteiger partial charge in [0.1, 0.15) is 0 Å². The number of hydrogen-bond donors (Lipinski definition) is 1. The van der Waals surface area contributed by atoms with Gasteiger partial charge in [-0.05, 0) is 42.7 Å². The minimum Gasteiger partial charge on any atom is -0.408 e. The van der Waals surface area contributed by atoms with Crippen molar-refractivity contribution in [1.82, 2.24) is 14.5 Å². The Hall–Kier alpha value is -3.04. The predicted molar refractivity (Wildman–Crippen MR) is 124 cm³/mol. The van der Waals surface area contributed by atoms with E-state index in [1.165, 1.54) is 35.0 Å². The molecule has 174 valence electrons. The molecule has 1 saturated carbocycles. The molecule has 0 atom stereocenters. The van der Waals surface area contributed by atoms with Crippen LogP contribution < -0.4 is 5.32 Å². The molecule has 33 heavy (non-hydrogen) atoms. The predicted octanol–water partition coefficient (Wildman–Crippen LogP) is 4.58. The van der Waals surface area contributed by atoms with Crippen LogP contribution in [0.5, 0.6) is 0 Å². The van der Waals surface area contributed by atoms with Crippen molar-refractivity contribution >= 4 is 21.9 Å². The Morgan fingerprint density at radius 1 is 1.03 bits per heavy atom. The van der Waals surface area contributed by atoms with Crippen LogP contribution in [-0.2, 0) is 16.6 Å². The summed E-state index contributed by atoms with van der Waals surface area (Å²) >= 11 is 0. The summed E-state index contributed by atoms with van der Waals surface area (Å²) in [6.45, 7) is 2.41. The Balaban J connectivity index is 1.42. The van der Waals surface area contributed by atoms with Gasteiger partial charge in [-0.3, -0.25) is 10.1 Å². The van der Waals surface area contributed by atoms with Gasteiger partial charge in [-0.25, -0.2) is 8.42 Å². The van der Waals surface area contributed by atoms with Crippen molar-refractivity contribution in [2.45, 2.75) is 56.4 Å². The summed E-state index contributed by atoms with van der Waals surface area (Å²) < 4.78 is 33.2. The minimum atomic E-state index is -3.70. The Kier molecular flexibility index (Phi) is 7.20. The van der Waals surface area contributed by atoms with Crippen molar-refractivity contribution in [2.75, 3.05) is 11.9 Å². The average Bonchev–Trinajstić information content (AvgIpc) is 3.32. The van der Waals surface area contributed by atoms with E-state index in [-0.39, 0.29) is 23.4 Å². The standard InChI is InChI=1S/C24H28N4O4S/c1-2-28(17-18-9-5-3-6-10-18)33(30,31)21-15-13-19(14-16-21)22(29)25-24-27-26-23(32-24)20-11-7-4-8-12-20/h3,5-6,9-10,13-16,20H,2,4,7-8,11-12,17H2,1H3,(H,25,27,29). The van der Waals surface area contributed by atoms with Crippen LogP contribution in [0.25, 0.3) is 0 Å². The molecule has 1 aliphatic rings. The third-order valence-electron chi connectivity index (χ3n) is 5.92. The van der Waals surface area contributed by atoms with E-state index < -0.39 is 15.9 Å². The first-order chi connectivity index (χ1) is 16.0. The molecule has 0 unspecified atom stereocenters. The first-order valence-corrected chi connectivity index (χ1v) is 12.7. The number of nitrogens with one attached hydrogen (secondary N) is 1. The van der Waals surface area contributed by atoms with Gasteiger partial charge < -0.3 is 4.42 Å². The number of anilines is 1. The summed E-state index contributed by atoms with van der Waals surface area (Å²) in [5, 5.41) is 10.6. The molecule has 1 amide bonds. The van der Waals surface area contributed by atoms with Crippen LogP contribution in [0.2, 0.25) is 0 Å². The number of nitrogens with zero attached hydrogens (tertiary/aromatic N) is 3. The number of rotatable bonds is 8. The van der Waals surface area contributed by atoms with Crippen molar-refractivity contribution in [3.63, 3.8) is 0 Å². The second kappa shape index (κ2) is 10.3. The molecule has 8 nitrogen and oxygen atoms in total. The van der Waals surface area contributed by atoms with Crippen LogP contribution in [0.1, 0.15) is 66.8 Å². The lowest BCUT2D eigenvalue weighted by molar-refractivity contribution is 0.102. The summed E-state index contributed by atoms with van der Waals surface area (Å²) in [6, 6.07) is 15.3. The molecular weight excluding hydrogens is 440 g/mol. The van der Waals surface area contributed by atoms with Gasteiger partial charge in [0, 0.05) is 24.6 Å². The van der Waals surface area contributed by atoms with Crippen molar-refractivity contribution in [3.8, 4) is 0 Å². The summed E-state index contributed by atoms with van der Waals surface area (Å²) in [7, 11) is -3.70. The Morgan fingerprint density at radius 2 is 1.73 bits per heavy atom. The second-order valence-electron chi connectivity index (χ2n) is 8.18. The van der Waals surface area contributed by atoms with Crippen LogP contribution in [0.15, 0.2) is 63.9 Å². The molecule has 3 aromatic rings. The maximum absolute atomic E-state index is 13.1. The smallest absolute Gasteiger partial charge is 0.322 e. The molecule has 0 aliphatic heterocycles. The van der Waals surface area contributed by atoms with Crippen LogP contribution in [-0.4, -0.2) is 35.4 Å². The van der Waals surface area contributed by atoms with Crippen LogP contribution in [0.4, 0.5) is 6.01 Å². The van der Waals surface area contributed by atoms with Crippen LogP contribution >= 0.6 is 0 Å². The zero-order valence-corrected chi connectivity index (χ0v) is 19.4. The van der Waals surface area contributed by atoms with Crippen LogP contribution in [0.3, 0.4) is 0 Å². The molecule has 1 heterocycles. The lowest BCUT2D eigenvalue weighted by Crippen LogP contribution is -2.30. The highest BCUT2D eigenvalue weighted by Gasteiger charge is 2.24. The topological polar surface area (TPSA) is 105 Å². The number of aromatic nitrogens is 2. The molecular formula is C24H28N4O4S. The molecule has 2 aromatic carbocycles. The van der Waals surface area contributed by atoms with Gasteiger partial charge in [0.15, 0.2) is 0 Å². The first kappa shape index (κ1) is 23.1. The average molecular weight is 469 g/mol. The number of benzene rings is 2. The van der Waals surface area contributed by atoms with Crippen molar-refractivity contribution in [1.29, 1.82) is 0 Å². The fraction of sp³-hybridized carbons (Fsp3) is 0.375. The van der Waals surface area contributed by atoms with E-state index >= 15 is 0 Å². The largest absolute Gasteiger partial charge is 0.408 e. The monoisotopic (exact) mass is 468 g/mol. The van der Waals surface area contributed by atoms with E-state index in [1.54, 1.807) is 6.92 Å². The quantitative estimate of drug-likeness (QED) is 0.519. The number of carbonyl (C=O) groups excluding carboxylic acids is 1. The highest BCUT2D eigenvalue weighted by molar-refractivity contribution is 7.89. The van der Waals surface area contributed by atoms with E-state index in [1.807, 2.05) is 30.3 Å². The third kappa shape index (κ3) is 5.48. The number of amides is 1. The van der Waals surface area contributed by atoms with Gasteiger partial charge in [0.05, 0.1) is 4.90 Å². The highest BCUT2D eigenvalue weighted by Crippen LogP contribution is 2.32. The summed E-state index contributed by atoms with van der Waals surface area (Å²) in [6.07, 6.45) is 5.55. The lowest BCUT2D eigenvalue weighted by atomic mass is 9.89. The third-order valence-corrected chi connectivity index (χ3v) is 7.86. The van der Waals surface area contributed by atoms with E-state index in [0.717, 1.165) is 31.2 Å². The first-order valence-electron chi connectivity index (χ1n) is 11.3. The molecule has 0 bridgehead atoms. The molecule has 1 fully saturated rings. The fourth-order valence-corrected chi connectivity index (χ4v) is 5.49. The summed E-state index contributed by atoms with van der Waals surface area (Å²) in [4.78, 5) is 12.7. The Labute approximate surface area is 194 Å². The van der Waals surface area contributed by atoms with Gasteiger partial charge in [-0.15, -0.1) is 5.10 Å². The minimum absolute atomic E-state index is 0.0530. The SMILES string of the molecule is CCN(Cc1ccccc1)S(=O)(=O)c1ccc(C(=O)Nc2nnc(C3CCCCC3)o2)cc1. The molecule has 1 N–H and O–H groups in total. The zero-order valence-electron chi connectivity index (χ0n) is 18.6. The Morgan fingerprint density at radius 3 is 2.39 bits per heavy atom. The van der Waals surface area contributed by atoms with E-state index in [2.05, 4.69) is 15.5 Å². The molecule has 1 aromatic heterocycles. The highest BCUT2D eigenvalue weighted by atomic mass is 32.2. The number of sulfonamides is 1.